The summed E-state index contributed by atoms with van der Waals surface area (Å²) in [5.41, 5.74) is -0.0562. The van der Waals surface area contributed by atoms with E-state index in [9.17, 15) is 9.90 Å². The molecule has 0 aliphatic rings. The smallest absolute Gasteiger partial charge is 0.335 e. The van der Waals surface area contributed by atoms with Crippen molar-refractivity contribution < 1.29 is 19.7 Å². The van der Waals surface area contributed by atoms with Crippen LogP contribution in [-0.4, -0.2) is 18.2 Å². The molecular weight excluding hydrogens is 160 g/mol. The predicted octanol–water partition coefficient (Wildman–Crippen LogP) is 0.467. The number of carboxylic acid groups (broad SMARTS) is 1. The third-order valence-corrected chi connectivity index (χ3v) is 1.36. The molecular formula is C8H7O4-. The van der Waals surface area contributed by atoms with E-state index in [1.165, 1.54) is 19.2 Å². The minimum absolute atomic E-state index is 0.0562. The van der Waals surface area contributed by atoms with E-state index >= 15 is 0 Å². The van der Waals surface area contributed by atoms with Crippen molar-refractivity contribution in [3.63, 3.8) is 0 Å². The number of methoxy groups -OCH3 is 1. The van der Waals surface area contributed by atoms with Gasteiger partial charge in [0.2, 0.25) is 0 Å². The number of rotatable bonds is 2. The fourth-order valence-electron chi connectivity index (χ4n) is 0.813. The van der Waals surface area contributed by atoms with Gasteiger partial charge in [0.25, 0.3) is 0 Å². The summed E-state index contributed by atoms with van der Waals surface area (Å²) >= 11 is 0. The van der Waals surface area contributed by atoms with Crippen molar-refractivity contribution in [1.82, 2.24) is 0 Å². The van der Waals surface area contributed by atoms with Gasteiger partial charge in [-0.25, -0.2) is 4.79 Å². The lowest BCUT2D eigenvalue weighted by Gasteiger charge is -2.08. The lowest BCUT2D eigenvalue weighted by atomic mass is 10.2. The van der Waals surface area contributed by atoms with Gasteiger partial charge in [-0.2, -0.15) is 0 Å². The molecule has 0 radical (unpaired) electrons. The van der Waals surface area contributed by atoms with Gasteiger partial charge < -0.3 is 14.9 Å². The Morgan fingerprint density at radius 1 is 1.50 bits per heavy atom. The Hall–Kier alpha value is -1.71. The number of hydrogen-bond acceptors (Lipinski definition) is 3. The Morgan fingerprint density at radius 3 is 2.67 bits per heavy atom. The van der Waals surface area contributed by atoms with Crippen molar-refractivity contribution in [3.8, 4) is 11.5 Å². The summed E-state index contributed by atoms with van der Waals surface area (Å²) in [6.07, 6.45) is 0. The fraction of sp³-hybridized carbons (Fsp3) is 0.125. The summed E-state index contributed by atoms with van der Waals surface area (Å²) in [7, 11) is 1.38. The molecule has 0 heterocycles. The van der Waals surface area contributed by atoms with Crippen LogP contribution in [0.5, 0.6) is 11.5 Å². The summed E-state index contributed by atoms with van der Waals surface area (Å²) in [6.45, 7) is 0. The molecule has 0 unspecified atom stereocenters. The molecule has 0 saturated carbocycles. The first kappa shape index (κ1) is 8.39. The van der Waals surface area contributed by atoms with Crippen molar-refractivity contribution >= 4 is 5.97 Å². The van der Waals surface area contributed by atoms with Crippen molar-refractivity contribution in [2.45, 2.75) is 0 Å². The minimum atomic E-state index is -1.13. The van der Waals surface area contributed by atoms with Gasteiger partial charge in [-0.3, -0.25) is 0 Å². The molecule has 0 bridgehead atoms. The Labute approximate surface area is 69.0 Å². The molecule has 0 aliphatic heterocycles. The summed E-state index contributed by atoms with van der Waals surface area (Å²) in [5, 5.41) is 19.4. The maximum atomic E-state index is 10.8. The number of carbonyl (C=O) groups is 1. The molecule has 0 saturated heterocycles. The minimum Gasteiger partial charge on any atom is -0.872 e. The van der Waals surface area contributed by atoms with Gasteiger partial charge in [0.15, 0.2) is 0 Å². The van der Waals surface area contributed by atoms with Crippen LogP contribution >= 0.6 is 0 Å². The Kier molecular flexibility index (Phi) is 2.19. The van der Waals surface area contributed by atoms with Gasteiger partial charge in [0, 0.05) is 0 Å². The Morgan fingerprint density at radius 2 is 2.17 bits per heavy atom. The molecule has 1 aromatic rings. The van der Waals surface area contributed by atoms with Gasteiger partial charge in [-0.15, -0.1) is 5.75 Å². The molecule has 0 atom stereocenters. The largest absolute Gasteiger partial charge is 0.872 e. The summed E-state index contributed by atoms with van der Waals surface area (Å²) in [4.78, 5) is 10.4. The zero-order valence-corrected chi connectivity index (χ0v) is 6.40. The Bertz CT molecular complexity index is 306. The van der Waals surface area contributed by atoms with E-state index in [1.54, 1.807) is 0 Å². The Balaban J connectivity index is 3.15. The molecule has 4 nitrogen and oxygen atoms in total. The average molecular weight is 167 g/mol. The first-order valence-electron chi connectivity index (χ1n) is 3.23. The van der Waals surface area contributed by atoms with Gasteiger partial charge in [-0.1, -0.05) is 6.07 Å². The van der Waals surface area contributed by atoms with Crippen molar-refractivity contribution in [2.75, 3.05) is 7.11 Å². The van der Waals surface area contributed by atoms with Crippen LogP contribution in [0.25, 0.3) is 0 Å². The standard InChI is InChI=1S/C8H8O4/c1-12-7-3-5(8(10)11)2-6(9)4-7/h2-4,9H,1H3,(H,10,11)/p-1. The lowest BCUT2D eigenvalue weighted by molar-refractivity contribution is -0.268. The van der Waals surface area contributed by atoms with Crippen LogP contribution in [0, 0.1) is 0 Å². The van der Waals surface area contributed by atoms with Crippen LogP contribution in [0.4, 0.5) is 0 Å². The zero-order valence-electron chi connectivity index (χ0n) is 6.40. The second-order valence-corrected chi connectivity index (χ2v) is 2.20. The van der Waals surface area contributed by atoms with E-state index in [1.807, 2.05) is 0 Å². The quantitative estimate of drug-likeness (QED) is 0.694. The number of aromatic carboxylic acids is 1. The van der Waals surface area contributed by atoms with E-state index in [0.29, 0.717) is 0 Å². The van der Waals surface area contributed by atoms with Gasteiger partial charge in [0.1, 0.15) is 5.75 Å². The third-order valence-electron chi connectivity index (χ3n) is 1.36. The fourth-order valence-corrected chi connectivity index (χ4v) is 0.813. The molecule has 12 heavy (non-hydrogen) atoms. The maximum Gasteiger partial charge on any atom is 0.335 e. The van der Waals surface area contributed by atoms with Gasteiger partial charge in [0.05, 0.1) is 12.7 Å². The number of hydrogen-bond donors (Lipinski definition) is 1. The molecule has 1 rings (SSSR count). The van der Waals surface area contributed by atoms with E-state index < -0.39 is 5.97 Å². The van der Waals surface area contributed by atoms with Crippen LogP contribution in [0.2, 0.25) is 0 Å². The third kappa shape index (κ3) is 1.66. The molecule has 1 aromatic carbocycles. The van der Waals surface area contributed by atoms with Crippen LogP contribution in [-0.2, 0) is 0 Å². The monoisotopic (exact) mass is 167 g/mol. The predicted molar refractivity (Wildman–Crippen MR) is 39.4 cm³/mol. The van der Waals surface area contributed by atoms with E-state index in [4.69, 9.17) is 9.84 Å². The SMILES string of the molecule is COc1cc([O-])cc(C(=O)O)c1. The van der Waals surface area contributed by atoms with Crippen molar-refractivity contribution in [3.05, 3.63) is 23.8 Å². The van der Waals surface area contributed by atoms with E-state index in [0.717, 1.165) is 6.07 Å². The van der Waals surface area contributed by atoms with Crippen LogP contribution in [0.1, 0.15) is 10.4 Å². The number of benzene rings is 1. The molecule has 0 aliphatic carbocycles. The topological polar surface area (TPSA) is 69.6 Å². The van der Waals surface area contributed by atoms with Gasteiger partial charge >= 0.3 is 5.97 Å². The molecule has 4 heteroatoms. The molecule has 0 amide bonds. The van der Waals surface area contributed by atoms with Gasteiger partial charge in [-0.05, 0) is 12.1 Å². The molecule has 0 fully saturated rings. The van der Waals surface area contributed by atoms with E-state index in [-0.39, 0.29) is 17.1 Å². The molecule has 64 valence electrons. The molecule has 0 spiro atoms. The first-order chi connectivity index (χ1) is 5.63. The number of ether oxygens (including phenoxy) is 1. The second kappa shape index (κ2) is 3.13. The lowest BCUT2D eigenvalue weighted by Crippen LogP contribution is -1.99. The summed E-state index contributed by atoms with van der Waals surface area (Å²) in [6, 6.07) is 3.57. The summed E-state index contributed by atoms with van der Waals surface area (Å²) in [5.74, 6) is -1.24. The first-order valence-corrected chi connectivity index (χ1v) is 3.23. The van der Waals surface area contributed by atoms with Crippen molar-refractivity contribution in [2.24, 2.45) is 0 Å². The zero-order chi connectivity index (χ0) is 9.14. The maximum absolute atomic E-state index is 10.8. The van der Waals surface area contributed by atoms with Crippen LogP contribution in [0.15, 0.2) is 18.2 Å². The summed E-state index contributed by atoms with van der Waals surface area (Å²) < 4.78 is 4.72. The normalized spacial score (nSPS) is 9.42. The highest BCUT2D eigenvalue weighted by Crippen LogP contribution is 2.19. The highest BCUT2D eigenvalue weighted by atomic mass is 16.5. The highest BCUT2D eigenvalue weighted by molar-refractivity contribution is 5.88. The average Bonchev–Trinajstić information content (AvgIpc) is 2.03. The molecule has 1 N–H and O–H groups in total. The second-order valence-electron chi connectivity index (χ2n) is 2.20. The highest BCUT2D eigenvalue weighted by Gasteiger charge is 2.03. The molecule has 0 aromatic heterocycles. The number of carboxylic acids is 1. The van der Waals surface area contributed by atoms with E-state index in [2.05, 4.69) is 0 Å². The van der Waals surface area contributed by atoms with Crippen molar-refractivity contribution in [1.29, 1.82) is 0 Å². The van der Waals surface area contributed by atoms with Crippen LogP contribution < -0.4 is 9.84 Å². The van der Waals surface area contributed by atoms with Crippen LogP contribution in [0.3, 0.4) is 0 Å².